The lowest BCUT2D eigenvalue weighted by atomic mass is 9.85. The van der Waals surface area contributed by atoms with E-state index in [-0.39, 0.29) is 5.92 Å². The lowest BCUT2D eigenvalue weighted by molar-refractivity contribution is 0.470. The van der Waals surface area contributed by atoms with Gasteiger partial charge in [0, 0.05) is 28.9 Å². The number of sulfonamides is 1. The topological polar surface area (TPSA) is 74.8 Å². The highest BCUT2D eigenvalue weighted by molar-refractivity contribution is 7.92. The van der Waals surface area contributed by atoms with Crippen LogP contribution in [-0.2, 0) is 10.0 Å². The quantitative estimate of drug-likeness (QED) is 0.651. The van der Waals surface area contributed by atoms with Crippen LogP contribution in [0.3, 0.4) is 0 Å². The van der Waals surface area contributed by atoms with Crippen molar-refractivity contribution in [1.82, 2.24) is 9.97 Å². The number of H-pyrrole nitrogens is 1. The number of anilines is 1. The molecule has 1 unspecified atom stereocenters. The summed E-state index contributed by atoms with van der Waals surface area (Å²) in [5, 5.41) is 1.12. The maximum atomic E-state index is 11.4. The number of hydrogen-bond acceptors (Lipinski definition) is 3. The second-order valence-electron chi connectivity index (χ2n) is 7.60. The fourth-order valence-electron chi connectivity index (χ4n) is 4.19. The highest BCUT2D eigenvalue weighted by atomic mass is 32.2. The number of benzene rings is 1. The summed E-state index contributed by atoms with van der Waals surface area (Å²) < 4.78 is 25.4. The first kappa shape index (κ1) is 18.0. The van der Waals surface area contributed by atoms with Gasteiger partial charge in [-0.05, 0) is 48.2 Å². The van der Waals surface area contributed by atoms with Gasteiger partial charge < -0.3 is 4.98 Å². The van der Waals surface area contributed by atoms with E-state index in [4.69, 9.17) is 0 Å². The standard InChI is InChI=1S/C21H25N3O2S/c1-27(25,26)24-18-10-8-16(9-11-18)19(13-15-5-2-3-6-15)20-14-17-7-4-12-22-21(17)23-20/h4,7-12,14-15,19,24H,2-3,5-6,13H2,1H3,(H,22,23). The van der Waals surface area contributed by atoms with Crippen molar-refractivity contribution < 1.29 is 8.42 Å². The Kier molecular flexibility index (Phi) is 4.91. The molecular weight excluding hydrogens is 358 g/mol. The second-order valence-corrected chi connectivity index (χ2v) is 9.35. The van der Waals surface area contributed by atoms with Gasteiger partial charge in [0.05, 0.1) is 6.26 Å². The molecule has 1 atom stereocenters. The maximum Gasteiger partial charge on any atom is 0.229 e. The van der Waals surface area contributed by atoms with Gasteiger partial charge in [-0.2, -0.15) is 0 Å². The fourth-order valence-corrected chi connectivity index (χ4v) is 4.75. The van der Waals surface area contributed by atoms with Crippen molar-refractivity contribution in [3.05, 3.63) is 59.9 Å². The molecule has 1 saturated carbocycles. The van der Waals surface area contributed by atoms with Crippen LogP contribution in [0.25, 0.3) is 11.0 Å². The Morgan fingerprint density at radius 2 is 1.93 bits per heavy atom. The van der Waals surface area contributed by atoms with Crippen LogP contribution in [-0.4, -0.2) is 24.6 Å². The van der Waals surface area contributed by atoms with Crippen molar-refractivity contribution in [2.45, 2.75) is 38.0 Å². The molecule has 0 bridgehead atoms. The molecule has 1 fully saturated rings. The van der Waals surface area contributed by atoms with E-state index in [0.717, 1.165) is 23.4 Å². The van der Waals surface area contributed by atoms with Crippen LogP contribution in [0.2, 0.25) is 0 Å². The van der Waals surface area contributed by atoms with Crippen molar-refractivity contribution in [2.75, 3.05) is 11.0 Å². The monoisotopic (exact) mass is 383 g/mol. The summed E-state index contributed by atoms with van der Waals surface area (Å²) in [5.74, 6) is 0.998. The molecule has 2 heterocycles. The Balaban J connectivity index is 1.66. The van der Waals surface area contributed by atoms with Crippen molar-refractivity contribution in [3.8, 4) is 0 Å². The van der Waals surface area contributed by atoms with Gasteiger partial charge in [-0.3, -0.25) is 4.72 Å². The van der Waals surface area contributed by atoms with Crippen LogP contribution in [0.4, 0.5) is 5.69 Å². The van der Waals surface area contributed by atoms with Gasteiger partial charge in [0.2, 0.25) is 10.0 Å². The third-order valence-corrected chi connectivity index (χ3v) is 6.05. The smallest absolute Gasteiger partial charge is 0.229 e. The lowest BCUT2D eigenvalue weighted by Gasteiger charge is -2.20. The summed E-state index contributed by atoms with van der Waals surface area (Å²) >= 11 is 0. The van der Waals surface area contributed by atoms with Gasteiger partial charge in [0.25, 0.3) is 0 Å². The molecule has 1 aliphatic rings. The largest absolute Gasteiger partial charge is 0.343 e. The molecule has 0 spiro atoms. The highest BCUT2D eigenvalue weighted by Gasteiger charge is 2.24. The first-order valence-corrected chi connectivity index (χ1v) is 11.4. The van der Waals surface area contributed by atoms with Crippen LogP contribution in [0.15, 0.2) is 48.7 Å². The molecular formula is C21H25N3O2S. The summed E-state index contributed by atoms with van der Waals surface area (Å²) in [4.78, 5) is 7.93. The molecule has 6 heteroatoms. The first-order chi connectivity index (χ1) is 13.0. The van der Waals surface area contributed by atoms with Crippen molar-refractivity contribution >= 4 is 26.7 Å². The molecule has 0 aliphatic heterocycles. The minimum Gasteiger partial charge on any atom is -0.343 e. The Labute approximate surface area is 160 Å². The van der Waals surface area contributed by atoms with Gasteiger partial charge >= 0.3 is 0 Å². The van der Waals surface area contributed by atoms with E-state index in [2.05, 4.69) is 26.8 Å². The van der Waals surface area contributed by atoms with E-state index in [1.807, 2.05) is 30.3 Å². The van der Waals surface area contributed by atoms with Gasteiger partial charge in [-0.15, -0.1) is 0 Å². The molecule has 0 radical (unpaired) electrons. The molecule has 142 valence electrons. The summed E-state index contributed by atoms with van der Waals surface area (Å²) in [6, 6.07) is 14.0. The Hall–Kier alpha value is -2.34. The van der Waals surface area contributed by atoms with Crippen LogP contribution >= 0.6 is 0 Å². The Morgan fingerprint density at radius 1 is 1.19 bits per heavy atom. The Morgan fingerprint density at radius 3 is 2.59 bits per heavy atom. The van der Waals surface area contributed by atoms with Crippen LogP contribution < -0.4 is 4.72 Å². The van der Waals surface area contributed by atoms with E-state index in [0.29, 0.717) is 5.69 Å². The highest BCUT2D eigenvalue weighted by Crippen LogP contribution is 2.38. The zero-order chi connectivity index (χ0) is 18.9. The average Bonchev–Trinajstić information content (AvgIpc) is 3.28. The molecule has 0 amide bonds. The second kappa shape index (κ2) is 7.35. The molecule has 3 aromatic rings. The first-order valence-electron chi connectivity index (χ1n) is 9.49. The minimum absolute atomic E-state index is 0.259. The maximum absolute atomic E-state index is 11.4. The summed E-state index contributed by atoms with van der Waals surface area (Å²) in [6.45, 7) is 0. The number of rotatable bonds is 6. The molecule has 1 aliphatic carbocycles. The minimum atomic E-state index is -3.26. The van der Waals surface area contributed by atoms with Crippen molar-refractivity contribution in [1.29, 1.82) is 0 Å². The van der Waals surface area contributed by atoms with Crippen LogP contribution in [0.1, 0.15) is 49.3 Å². The number of aromatic nitrogens is 2. The zero-order valence-corrected chi connectivity index (χ0v) is 16.3. The van der Waals surface area contributed by atoms with E-state index in [1.165, 1.54) is 43.2 Å². The summed E-state index contributed by atoms with van der Waals surface area (Å²) in [7, 11) is -3.26. The predicted molar refractivity (Wildman–Crippen MR) is 109 cm³/mol. The molecule has 5 nitrogen and oxygen atoms in total. The number of hydrogen-bond donors (Lipinski definition) is 2. The third kappa shape index (κ3) is 4.33. The number of fused-ring (bicyclic) bond motifs is 1. The van der Waals surface area contributed by atoms with Gasteiger partial charge in [-0.1, -0.05) is 37.8 Å². The average molecular weight is 384 g/mol. The molecule has 1 aromatic carbocycles. The molecule has 2 aromatic heterocycles. The SMILES string of the molecule is CS(=O)(=O)Nc1ccc(C(CC2CCCC2)c2cc3cccnc3[nH]2)cc1. The Bertz CT molecular complexity index is 986. The zero-order valence-electron chi connectivity index (χ0n) is 15.5. The van der Waals surface area contributed by atoms with Crippen molar-refractivity contribution in [3.63, 3.8) is 0 Å². The van der Waals surface area contributed by atoms with E-state index >= 15 is 0 Å². The fraction of sp³-hybridized carbons (Fsp3) is 0.381. The predicted octanol–water partition coefficient (Wildman–Crippen LogP) is 4.65. The number of nitrogens with one attached hydrogen (secondary N) is 2. The van der Waals surface area contributed by atoms with Crippen LogP contribution in [0, 0.1) is 5.92 Å². The number of pyridine rings is 1. The summed E-state index contributed by atoms with van der Waals surface area (Å²) in [6.07, 6.45) is 9.31. The van der Waals surface area contributed by atoms with Gasteiger partial charge in [0.15, 0.2) is 0 Å². The molecule has 0 saturated heterocycles. The van der Waals surface area contributed by atoms with Gasteiger partial charge in [0.1, 0.15) is 5.65 Å². The molecule has 2 N–H and O–H groups in total. The molecule has 27 heavy (non-hydrogen) atoms. The van der Waals surface area contributed by atoms with Crippen LogP contribution in [0.5, 0.6) is 0 Å². The van der Waals surface area contributed by atoms with Crippen molar-refractivity contribution in [2.24, 2.45) is 5.92 Å². The normalized spacial score (nSPS) is 16.6. The number of nitrogens with zero attached hydrogens (tertiary/aromatic N) is 1. The van der Waals surface area contributed by atoms with E-state index < -0.39 is 10.0 Å². The lowest BCUT2D eigenvalue weighted by Crippen LogP contribution is -2.10. The number of aromatic amines is 1. The van der Waals surface area contributed by atoms with E-state index in [1.54, 1.807) is 6.20 Å². The summed E-state index contributed by atoms with van der Waals surface area (Å²) in [5.41, 5.74) is 3.89. The third-order valence-electron chi connectivity index (χ3n) is 5.45. The van der Waals surface area contributed by atoms with E-state index in [9.17, 15) is 8.42 Å². The molecule has 4 rings (SSSR count). The van der Waals surface area contributed by atoms with Gasteiger partial charge in [-0.25, -0.2) is 13.4 Å².